The van der Waals surface area contributed by atoms with E-state index in [0.717, 1.165) is 24.7 Å². The van der Waals surface area contributed by atoms with Crippen LogP contribution in [0.25, 0.3) is 0 Å². The summed E-state index contributed by atoms with van der Waals surface area (Å²) in [6.07, 6.45) is -4.25. The van der Waals surface area contributed by atoms with Gasteiger partial charge in [0, 0.05) is 26.1 Å². The first-order chi connectivity index (χ1) is 11.7. The predicted molar refractivity (Wildman–Crippen MR) is 87.4 cm³/mol. The van der Waals surface area contributed by atoms with Crippen LogP contribution >= 0.6 is 0 Å². The third-order valence-electron chi connectivity index (χ3n) is 3.22. The van der Waals surface area contributed by atoms with Gasteiger partial charge in [-0.05, 0) is 31.2 Å². The minimum absolute atomic E-state index is 0.0425. The Labute approximate surface area is 145 Å². The molecule has 25 heavy (non-hydrogen) atoms. The molecule has 0 aliphatic heterocycles. The van der Waals surface area contributed by atoms with Crippen molar-refractivity contribution < 1.29 is 26.4 Å². The zero-order valence-corrected chi connectivity index (χ0v) is 14.6. The van der Waals surface area contributed by atoms with Crippen LogP contribution in [0.4, 0.5) is 13.2 Å². The molecule has 0 aliphatic rings. The quantitative estimate of drug-likeness (QED) is 0.536. The molecule has 1 aromatic rings. The van der Waals surface area contributed by atoms with Crippen molar-refractivity contribution in [2.45, 2.75) is 30.8 Å². The number of rotatable bonds is 10. The third kappa shape index (κ3) is 7.84. The van der Waals surface area contributed by atoms with E-state index in [-0.39, 0.29) is 25.3 Å². The fourth-order valence-corrected chi connectivity index (χ4v) is 3.05. The molecule has 0 radical (unpaired) electrons. The molecular formula is C15H22F3N3O3S. The van der Waals surface area contributed by atoms with Crippen LogP contribution in [0.5, 0.6) is 0 Å². The Bertz CT molecular complexity index is 663. The molecule has 0 spiro atoms. The van der Waals surface area contributed by atoms with Crippen LogP contribution < -0.4 is 15.4 Å². The second kappa shape index (κ2) is 9.73. The first-order valence-corrected chi connectivity index (χ1v) is 9.29. The second-order valence-electron chi connectivity index (χ2n) is 5.23. The normalized spacial score (nSPS) is 12.2. The number of carbonyl (C=O) groups excluding carboxylic acids is 1. The van der Waals surface area contributed by atoms with Crippen LogP contribution in [-0.2, 0) is 21.0 Å². The van der Waals surface area contributed by atoms with Gasteiger partial charge in [0.15, 0.2) is 0 Å². The number of hydrogen-bond acceptors (Lipinski definition) is 4. The molecule has 0 unspecified atom stereocenters. The Kier molecular flexibility index (Phi) is 8.33. The second-order valence-corrected chi connectivity index (χ2v) is 7.00. The van der Waals surface area contributed by atoms with Gasteiger partial charge in [0.25, 0.3) is 0 Å². The van der Waals surface area contributed by atoms with E-state index in [1.54, 1.807) is 0 Å². The van der Waals surface area contributed by atoms with E-state index in [1.807, 2.05) is 6.92 Å². The van der Waals surface area contributed by atoms with Crippen LogP contribution in [-0.4, -0.2) is 40.5 Å². The molecule has 142 valence electrons. The Balaban J connectivity index is 2.45. The van der Waals surface area contributed by atoms with Crippen molar-refractivity contribution in [1.29, 1.82) is 0 Å². The van der Waals surface area contributed by atoms with Gasteiger partial charge in [-0.2, -0.15) is 13.2 Å². The van der Waals surface area contributed by atoms with Gasteiger partial charge in [0.2, 0.25) is 15.9 Å². The molecule has 0 heterocycles. The molecular weight excluding hydrogens is 359 g/mol. The number of halogens is 3. The summed E-state index contributed by atoms with van der Waals surface area (Å²) in [5, 5.41) is 5.70. The van der Waals surface area contributed by atoms with E-state index < -0.39 is 26.7 Å². The van der Waals surface area contributed by atoms with Gasteiger partial charge in [-0.1, -0.05) is 13.0 Å². The van der Waals surface area contributed by atoms with Crippen molar-refractivity contribution >= 4 is 15.9 Å². The molecule has 0 saturated carbocycles. The summed E-state index contributed by atoms with van der Waals surface area (Å²) in [6, 6.07) is 3.51. The van der Waals surface area contributed by atoms with Gasteiger partial charge in [0.05, 0.1) is 10.5 Å². The summed E-state index contributed by atoms with van der Waals surface area (Å²) in [7, 11) is -4.06. The van der Waals surface area contributed by atoms with E-state index in [9.17, 15) is 26.4 Å². The van der Waals surface area contributed by atoms with Crippen molar-refractivity contribution in [3.05, 3.63) is 29.8 Å². The Morgan fingerprint density at radius 2 is 1.88 bits per heavy atom. The fourth-order valence-electron chi connectivity index (χ4n) is 1.93. The largest absolute Gasteiger partial charge is 0.416 e. The van der Waals surface area contributed by atoms with Crippen LogP contribution in [0.3, 0.4) is 0 Å². The van der Waals surface area contributed by atoms with Crippen LogP contribution in [0.15, 0.2) is 29.2 Å². The first-order valence-electron chi connectivity index (χ1n) is 7.81. The number of amides is 1. The summed E-state index contributed by atoms with van der Waals surface area (Å²) < 4.78 is 64.1. The average Bonchev–Trinajstić information content (AvgIpc) is 2.55. The highest BCUT2D eigenvalue weighted by Crippen LogP contribution is 2.30. The maximum absolute atomic E-state index is 12.6. The number of likely N-dealkylation sites (N-methyl/N-ethyl adjacent to an activating group) is 1. The van der Waals surface area contributed by atoms with Gasteiger partial charge < -0.3 is 10.6 Å². The maximum atomic E-state index is 12.6. The lowest BCUT2D eigenvalue weighted by atomic mass is 10.2. The van der Waals surface area contributed by atoms with Crippen LogP contribution in [0.1, 0.15) is 25.3 Å². The molecule has 1 amide bonds. The van der Waals surface area contributed by atoms with E-state index in [4.69, 9.17) is 0 Å². The summed E-state index contributed by atoms with van der Waals surface area (Å²) >= 11 is 0. The van der Waals surface area contributed by atoms with Crippen molar-refractivity contribution in [3.63, 3.8) is 0 Å². The molecule has 1 aromatic carbocycles. The minimum atomic E-state index is -4.61. The highest BCUT2D eigenvalue weighted by atomic mass is 32.2. The molecule has 0 atom stereocenters. The van der Waals surface area contributed by atoms with E-state index in [2.05, 4.69) is 15.4 Å². The topological polar surface area (TPSA) is 87.3 Å². The number of hydrogen-bond donors (Lipinski definition) is 3. The number of alkyl halides is 3. The SMILES string of the molecule is CCNCCNC(=O)CCCNS(=O)(=O)c1cccc(C(F)(F)F)c1. The van der Waals surface area contributed by atoms with E-state index in [0.29, 0.717) is 19.2 Å². The lowest BCUT2D eigenvalue weighted by Gasteiger charge is -2.10. The van der Waals surface area contributed by atoms with Crippen molar-refractivity contribution in [2.75, 3.05) is 26.2 Å². The summed E-state index contributed by atoms with van der Waals surface area (Å²) in [4.78, 5) is 11.1. The monoisotopic (exact) mass is 381 g/mol. The van der Waals surface area contributed by atoms with Gasteiger partial charge in [0.1, 0.15) is 0 Å². The molecule has 1 rings (SSSR count). The summed E-state index contributed by atoms with van der Waals surface area (Å²) in [5.74, 6) is -0.212. The van der Waals surface area contributed by atoms with Crippen molar-refractivity contribution in [1.82, 2.24) is 15.4 Å². The van der Waals surface area contributed by atoms with Crippen LogP contribution in [0.2, 0.25) is 0 Å². The lowest BCUT2D eigenvalue weighted by molar-refractivity contribution is -0.137. The molecule has 0 fully saturated rings. The average molecular weight is 381 g/mol. The summed E-state index contributed by atoms with van der Waals surface area (Å²) in [6.45, 7) is 3.82. The van der Waals surface area contributed by atoms with Gasteiger partial charge in [-0.3, -0.25) is 4.79 Å². The Morgan fingerprint density at radius 1 is 1.16 bits per heavy atom. The molecule has 3 N–H and O–H groups in total. The first kappa shape index (κ1) is 21.4. The molecule has 0 saturated heterocycles. The lowest BCUT2D eigenvalue weighted by Crippen LogP contribution is -2.32. The number of nitrogens with one attached hydrogen (secondary N) is 3. The molecule has 0 aromatic heterocycles. The molecule has 6 nitrogen and oxygen atoms in total. The molecule has 0 aliphatic carbocycles. The van der Waals surface area contributed by atoms with E-state index >= 15 is 0 Å². The molecule has 10 heteroatoms. The van der Waals surface area contributed by atoms with E-state index in [1.165, 1.54) is 0 Å². The Morgan fingerprint density at radius 3 is 2.52 bits per heavy atom. The smallest absolute Gasteiger partial charge is 0.355 e. The van der Waals surface area contributed by atoms with Crippen LogP contribution in [0, 0.1) is 0 Å². The maximum Gasteiger partial charge on any atom is 0.416 e. The number of sulfonamides is 1. The number of benzene rings is 1. The molecule has 0 bridgehead atoms. The van der Waals surface area contributed by atoms with Gasteiger partial charge in [-0.25, -0.2) is 13.1 Å². The van der Waals surface area contributed by atoms with Crippen molar-refractivity contribution in [2.24, 2.45) is 0 Å². The highest BCUT2D eigenvalue weighted by molar-refractivity contribution is 7.89. The van der Waals surface area contributed by atoms with Crippen molar-refractivity contribution in [3.8, 4) is 0 Å². The predicted octanol–water partition coefficient (Wildman–Crippen LogP) is 1.49. The fraction of sp³-hybridized carbons (Fsp3) is 0.533. The van der Waals surface area contributed by atoms with Gasteiger partial charge >= 0.3 is 6.18 Å². The number of carbonyl (C=O) groups is 1. The standard InChI is InChI=1S/C15H22F3N3O3S/c1-2-19-9-10-20-14(22)7-4-8-21-25(23,24)13-6-3-5-12(11-13)15(16,17)18/h3,5-6,11,19,21H,2,4,7-10H2,1H3,(H,20,22). The minimum Gasteiger partial charge on any atom is -0.355 e. The zero-order valence-electron chi connectivity index (χ0n) is 13.8. The third-order valence-corrected chi connectivity index (χ3v) is 4.68. The zero-order chi connectivity index (χ0) is 18.9. The Hall–Kier alpha value is -1.65. The summed E-state index contributed by atoms with van der Waals surface area (Å²) in [5.41, 5.74) is -1.03. The van der Waals surface area contributed by atoms with Gasteiger partial charge in [-0.15, -0.1) is 0 Å². The highest BCUT2D eigenvalue weighted by Gasteiger charge is 2.31.